The smallest absolute Gasteiger partial charge is 0.311 e. The van der Waals surface area contributed by atoms with Crippen molar-refractivity contribution in [2.75, 3.05) is 0 Å². The van der Waals surface area contributed by atoms with E-state index in [0.717, 1.165) is 6.42 Å². The van der Waals surface area contributed by atoms with Gasteiger partial charge in [-0.2, -0.15) is 0 Å². The molecule has 0 spiro atoms. The topological polar surface area (TPSA) is 44.8 Å². The highest BCUT2D eigenvalue weighted by Gasteiger charge is 2.39. The molecule has 0 saturated heterocycles. The summed E-state index contributed by atoms with van der Waals surface area (Å²) in [6.45, 7) is 18.7. The average molecular weight is 337 g/mol. The lowest BCUT2D eigenvalue weighted by molar-refractivity contribution is -0.145. The monoisotopic (exact) mass is 336 g/mol. The first-order valence-electron chi connectivity index (χ1n) is 7.36. The van der Waals surface area contributed by atoms with E-state index in [2.05, 4.69) is 45.8 Å². The molecule has 0 saturated carbocycles. The Balaban J connectivity index is 4.54. The quantitative estimate of drug-likeness (QED) is 0.494. The molecule has 0 aliphatic rings. The van der Waals surface area contributed by atoms with Gasteiger partial charge in [0.15, 0.2) is 16.6 Å². The van der Waals surface area contributed by atoms with Crippen LogP contribution in [0.15, 0.2) is 0 Å². The van der Waals surface area contributed by atoms with Gasteiger partial charge < -0.3 is 13.0 Å². The molecule has 120 valence electrons. The van der Waals surface area contributed by atoms with E-state index in [1.807, 2.05) is 13.8 Å². The standard InChI is InChI=1S/C13H32O4Si3/c1-10-12(2)15-13(14)11-19(6,7)17-20(8,9)16-18(3,4)5/h12H,10-11H2,1-9H3. The molecule has 0 rings (SSSR count). The molecule has 0 aromatic carbocycles. The molecule has 0 aliphatic heterocycles. The highest BCUT2D eigenvalue weighted by Crippen LogP contribution is 2.23. The molecule has 0 aliphatic carbocycles. The van der Waals surface area contributed by atoms with Gasteiger partial charge in [-0.1, -0.05) is 6.92 Å². The minimum atomic E-state index is -2.17. The van der Waals surface area contributed by atoms with Gasteiger partial charge in [0.1, 0.15) is 0 Å². The molecule has 1 unspecified atom stereocenters. The molecule has 0 N–H and O–H groups in total. The number of carbonyl (C=O) groups excluding carboxylic acids is 1. The van der Waals surface area contributed by atoms with Crippen molar-refractivity contribution in [2.24, 2.45) is 0 Å². The zero-order chi connectivity index (χ0) is 16.2. The van der Waals surface area contributed by atoms with Gasteiger partial charge in [-0.25, -0.2) is 0 Å². The van der Waals surface area contributed by atoms with Crippen LogP contribution in [0.2, 0.25) is 51.9 Å². The Kier molecular flexibility index (Phi) is 7.36. The molecule has 20 heavy (non-hydrogen) atoms. The molecule has 1 atom stereocenters. The van der Waals surface area contributed by atoms with Crippen LogP contribution in [0, 0.1) is 0 Å². The Bertz CT molecular complexity index is 324. The Morgan fingerprint density at radius 2 is 1.50 bits per heavy atom. The summed E-state index contributed by atoms with van der Waals surface area (Å²) in [6, 6.07) is 0.392. The molecule has 0 aromatic heterocycles. The predicted octanol–water partition coefficient (Wildman–Crippen LogP) is 4.10. The maximum atomic E-state index is 11.9. The third-order valence-electron chi connectivity index (χ3n) is 2.55. The van der Waals surface area contributed by atoms with Gasteiger partial charge >= 0.3 is 14.5 Å². The summed E-state index contributed by atoms with van der Waals surface area (Å²) < 4.78 is 17.8. The second-order valence-corrected chi connectivity index (χ2v) is 19.9. The van der Waals surface area contributed by atoms with Crippen LogP contribution in [0.4, 0.5) is 0 Å². The molecule has 0 heterocycles. The lowest BCUT2D eigenvalue weighted by Crippen LogP contribution is -2.52. The van der Waals surface area contributed by atoms with Crippen molar-refractivity contribution in [1.82, 2.24) is 0 Å². The minimum Gasteiger partial charge on any atom is -0.463 e. The first-order valence-corrected chi connectivity index (χ1v) is 16.7. The third-order valence-corrected chi connectivity index (χ3v) is 12.3. The van der Waals surface area contributed by atoms with E-state index in [1.165, 1.54) is 0 Å². The van der Waals surface area contributed by atoms with E-state index in [1.54, 1.807) is 0 Å². The zero-order valence-corrected chi connectivity index (χ0v) is 17.6. The van der Waals surface area contributed by atoms with Crippen molar-refractivity contribution >= 4 is 31.2 Å². The van der Waals surface area contributed by atoms with E-state index in [-0.39, 0.29) is 12.1 Å². The SMILES string of the molecule is CCC(C)OC(=O)C[Si](C)(C)O[Si](C)(C)O[Si](C)(C)C. The second-order valence-electron chi connectivity index (χ2n) is 7.36. The van der Waals surface area contributed by atoms with Gasteiger partial charge in [0, 0.05) is 0 Å². The van der Waals surface area contributed by atoms with Gasteiger partial charge in [-0.3, -0.25) is 4.79 Å². The maximum Gasteiger partial charge on any atom is 0.311 e. The van der Waals surface area contributed by atoms with Crippen molar-refractivity contribution in [2.45, 2.75) is 78.2 Å². The summed E-state index contributed by atoms with van der Waals surface area (Å²) in [6.07, 6.45) is 0.823. The summed E-state index contributed by atoms with van der Waals surface area (Å²) in [4.78, 5) is 11.9. The fraction of sp³-hybridized carbons (Fsp3) is 0.923. The second kappa shape index (κ2) is 7.35. The van der Waals surface area contributed by atoms with Crippen molar-refractivity contribution in [1.29, 1.82) is 0 Å². The molecular formula is C13H32O4Si3. The van der Waals surface area contributed by atoms with Crippen LogP contribution >= 0.6 is 0 Å². The third kappa shape index (κ3) is 9.87. The molecule has 0 radical (unpaired) electrons. The summed E-state index contributed by atoms with van der Waals surface area (Å²) in [7, 11) is -5.89. The van der Waals surface area contributed by atoms with Gasteiger partial charge in [-0.15, -0.1) is 0 Å². The number of ether oxygens (including phenoxy) is 1. The highest BCUT2D eigenvalue weighted by molar-refractivity contribution is 6.88. The summed E-state index contributed by atoms with van der Waals surface area (Å²) in [5, 5.41) is 0. The largest absolute Gasteiger partial charge is 0.463 e. The molecular weight excluding hydrogens is 304 g/mol. The fourth-order valence-corrected chi connectivity index (χ4v) is 15.0. The van der Waals surface area contributed by atoms with Crippen molar-refractivity contribution in [3.63, 3.8) is 0 Å². The lowest BCUT2D eigenvalue weighted by Gasteiger charge is -2.37. The molecule has 0 aromatic rings. The summed E-state index contributed by atoms with van der Waals surface area (Å²) in [5.74, 6) is -0.145. The number of esters is 1. The predicted molar refractivity (Wildman–Crippen MR) is 91.1 cm³/mol. The maximum absolute atomic E-state index is 11.9. The van der Waals surface area contributed by atoms with Crippen LogP contribution in [0.3, 0.4) is 0 Å². The number of hydrogen-bond donors (Lipinski definition) is 0. The Morgan fingerprint density at radius 3 is 1.90 bits per heavy atom. The fourth-order valence-electron chi connectivity index (χ4n) is 2.16. The molecule has 7 heteroatoms. The zero-order valence-electron chi connectivity index (χ0n) is 14.6. The van der Waals surface area contributed by atoms with Crippen LogP contribution in [0.5, 0.6) is 0 Å². The summed E-state index contributed by atoms with van der Waals surface area (Å²) in [5.41, 5.74) is 0. The van der Waals surface area contributed by atoms with E-state index < -0.39 is 25.2 Å². The van der Waals surface area contributed by atoms with Crippen LogP contribution in [0.1, 0.15) is 20.3 Å². The van der Waals surface area contributed by atoms with Gasteiger partial charge in [0.25, 0.3) is 0 Å². The van der Waals surface area contributed by atoms with E-state index >= 15 is 0 Å². The van der Waals surface area contributed by atoms with Crippen molar-refractivity contribution in [3.8, 4) is 0 Å². The van der Waals surface area contributed by atoms with Gasteiger partial charge in [0.05, 0.1) is 12.1 Å². The molecule has 0 fully saturated rings. The van der Waals surface area contributed by atoms with E-state index in [0.29, 0.717) is 6.04 Å². The van der Waals surface area contributed by atoms with Crippen LogP contribution in [-0.2, 0) is 17.8 Å². The van der Waals surface area contributed by atoms with Crippen LogP contribution < -0.4 is 0 Å². The Morgan fingerprint density at radius 1 is 1.00 bits per heavy atom. The summed E-state index contributed by atoms with van der Waals surface area (Å²) >= 11 is 0. The first kappa shape index (κ1) is 20.0. The molecule has 4 nitrogen and oxygen atoms in total. The number of carbonyl (C=O) groups is 1. The van der Waals surface area contributed by atoms with Gasteiger partial charge in [0.2, 0.25) is 0 Å². The molecule has 0 bridgehead atoms. The van der Waals surface area contributed by atoms with Crippen molar-refractivity contribution < 1.29 is 17.8 Å². The highest BCUT2D eigenvalue weighted by atomic mass is 28.5. The number of hydrogen-bond acceptors (Lipinski definition) is 4. The van der Waals surface area contributed by atoms with E-state index in [4.69, 9.17) is 13.0 Å². The van der Waals surface area contributed by atoms with Crippen LogP contribution in [-0.4, -0.2) is 37.3 Å². The van der Waals surface area contributed by atoms with Crippen LogP contribution in [0.25, 0.3) is 0 Å². The number of rotatable bonds is 8. The first-order chi connectivity index (χ1) is 8.76. The normalized spacial score (nSPS) is 15.1. The average Bonchev–Trinajstić information content (AvgIpc) is 2.09. The lowest BCUT2D eigenvalue weighted by atomic mass is 10.3. The molecule has 0 amide bonds. The van der Waals surface area contributed by atoms with Gasteiger partial charge in [-0.05, 0) is 59.2 Å². The minimum absolute atomic E-state index is 0.0178. The van der Waals surface area contributed by atoms with E-state index in [9.17, 15) is 4.79 Å². The Hall–Kier alpha value is 0.0406. The Labute approximate surface area is 127 Å². The van der Waals surface area contributed by atoms with Crippen molar-refractivity contribution in [3.05, 3.63) is 0 Å².